The molecule has 0 aliphatic heterocycles. The molecule has 1 amide bonds. The van der Waals surface area contributed by atoms with Crippen LogP contribution in [0.5, 0.6) is 0 Å². The first kappa shape index (κ1) is 14.4. The van der Waals surface area contributed by atoms with Crippen molar-refractivity contribution < 1.29 is 4.79 Å². The number of rotatable bonds is 5. The van der Waals surface area contributed by atoms with E-state index in [0.717, 1.165) is 50.5 Å². The number of carbonyl (C=O) groups excluding carboxylic acids is 1. The van der Waals surface area contributed by atoms with Crippen molar-refractivity contribution in [2.45, 2.75) is 71.3 Å². The van der Waals surface area contributed by atoms with Gasteiger partial charge in [-0.25, -0.2) is 0 Å². The molecule has 3 heteroatoms. The zero-order chi connectivity index (χ0) is 14.4. The second kappa shape index (κ2) is 5.01. The molecule has 4 aliphatic rings. The van der Waals surface area contributed by atoms with Gasteiger partial charge in [-0.15, -0.1) is 0 Å². The Hall–Kier alpha value is -0.570. The van der Waals surface area contributed by atoms with Crippen molar-refractivity contribution in [3.63, 3.8) is 0 Å². The van der Waals surface area contributed by atoms with Gasteiger partial charge in [0.25, 0.3) is 0 Å². The Labute approximate surface area is 123 Å². The van der Waals surface area contributed by atoms with E-state index < -0.39 is 0 Å². The Morgan fingerprint density at radius 2 is 1.95 bits per heavy atom. The van der Waals surface area contributed by atoms with Gasteiger partial charge in [0.05, 0.1) is 5.41 Å². The highest BCUT2D eigenvalue weighted by Crippen LogP contribution is 2.65. The first-order valence-electron chi connectivity index (χ1n) is 8.49. The Morgan fingerprint density at radius 1 is 1.30 bits per heavy atom. The third-order valence-corrected chi connectivity index (χ3v) is 6.16. The summed E-state index contributed by atoms with van der Waals surface area (Å²) in [4.78, 5) is 12.8. The van der Waals surface area contributed by atoms with Crippen LogP contribution in [0.3, 0.4) is 0 Å². The number of nitrogens with one attached hydrogen (secondary N) is 1. The van der Waals surface area contributed by atoms with E-state index in [1.807, 2.05) is 0 Å². The van der Waals surface area contributed by atoms with Crippen molar-refractivity contribution in [3.8, 4) is 0 Å². The second-order valence-electron chi connectivity index (χ2n) is 8.26. The molecule has 20 heavy (non-hydrogen) atoms. The normalized spacial score (nSPS) is 43.5. The van der Waals surface area contributed by atoms with Gasteiger partial charge in [0.15, 0.2) is 0 Å². The lowest BCUT2D eigenvalue weighted by Gasteiger charge is -2.60. The molecule has 3 unspecified atom stereocenters. The van der Waals surface area contributed by atoms with Gasteiger partial charge in [0.1, 0.15) is 0 Å². The van der Waals surface area contributed by atoms with Gasteiger partial charge in [-0.2, -0.15) is 0 Å². The zero-order valence-electron chi connectivity index (χ0n) is 13.1. The molecule has 4 rings (SSSR count). The van der Waals surface area contributed by atoms with Crippen molar-refractivity contribution in [2.75, 3.05) is 6.54 Å². The van der Waals surface area contributed by atoms with Crippen LogP contribution in [0.15, 0.2) is 0 Å². The van der Waals surface area contributed by atoms with Crippen molar-refractivity contribution in [2.24, 2.45) is 28.4 Å². The highest BCUT2D eigenvalue weighted by Gasteiger charge is 2.58. The van der Waals surface area contributed by atoms with Gasteiger partial charge in [0.2, 0.25) is 5.91 Å². The minimum Gasteiger partial charge on any atom is -0.356 e. The summed E-state index contributed by atoms with van der Waals surface area (Å²) in [6, 6.07) is 0.226. The summed E-state index contributed by atoms with van der Waals surface area (Å²) in [6.45, 7) is 5.27. The van der Waals surface area contributed by atoms with Crippen molar-refractivity contribution >= 4 is 5.91 Å². The lowest BCUT2D eigenvalue weighted by atomic mass is 9.44. The van der Waals surface area contributed by atoms with Crippen LogP contribution in [0.25, 0.3) is 0 Å². The van der Waals surface area contributed by atoms with Crippen LogP contribution in [-0.4, -0.2) is 18.5 Å². The molecule has 4 fully saturated rings. The number of carbonyl (C=O) groups is 1. The Bertz CT molecular complexity index is 378. The minimum atomic E-state index is -0.0326. The molecule has 3 nitrogen and oxygen atoms in total. The van der Waals surface area contributed by atoms with E-state index in [1.54, 1.807) is 0 Å². The zero-order valence-corrected chi connectivity index (χ0v) is 13.1. The molecule has 3 N–H and O–H groups in total. The summed E-state index contributed by atoms with van der Waals surface area (Å²) >= 11 is 0. The summed E-state index contributed by atoms with van der Waals surface area (Å²) in [5, 5.41) is 3.20. The first-order valence-corrected chi connectivity index (χ1v) is 8.49. The predicted molar refractivity (Wildman–Crippen MR) is 81.1 cm³/mol. The third kappa shape index (κ3) is 2.49. The van der Waals surface area contributed by atoms with Crippen LogP contribution >= 0.6 is 0 Å². The molecule has 0 aromatic heterocycles. The quantitative estimate of drug-likeness (QED) is 0.812. The van der Waals surface area contributed by atoms with Crippen LogP contribution in [0, 0.1) is 22.7 Å². The average Bonchev–Trinajstić information content (AvgIpc) is 2.35. The molecular weight excluding hydrogens is 248 g/mol. The molecule has 0 heterocycles. The summed E-state index contributed by atoms with van der Waals surface area (Å²) < 4.78 is 0. The monoisotopic (exact) mass is 278 g/mol. The molecule has 0 saturated heterocycles. The number of nitrogens with two attached hydrogens (primary N) is 1. The highest BCUT2D eigenvalue weighted by molar-refractivity contribution is 5.83. The maximum atomic E-state index is 12.8. The predicted octanol–water partition coefficient (Wildman–Crippen LogP) is 2.84. The molecule has 0 spiro atoms. The van der Waals surface area contributed by atoms with Gasteiger partial charge in [0, 0.05) is 12.6 Å². The Balaban J connectivity index is 1.62. The SMILES string of the molecule is CCC(N)CCNC(=O)C12CC3CC(CC(C)(C3)C1)C2. The standard InChI is InChI=1S/C17H30N2O/c1-3-14(18)4-5-19-15(20)17-9-12-6-13(10-17)8-16(2,7-12)11-17/h12-14H,3-11,18H2,1-2H3,(H,19,20). The lowest BCUT2D eigenvalue weighted by molar-refractivity contribution is -0.155. The van der Waals surface area contributed by atoms with Crippen molar-refractivity contribution in [1.82, 2.24) is 5.32 Å². The molecule has 0 aromatic carbocycles. The maximum absolute atomic E-state index is 12.8. The molecule has 0 aromatic rings. The minimum absolute atomic E-state index is 0.0326. The largest absolute Gasteiger partial charge is 0.356 e. The highest BCUT2D eigenvalue weighted by atomic mass is 16.2. The number of amides is 1. The van der Waals surface area contributed by atoms with Gasteiger partial charge in [-0.3, -0.25) is 4.79 Å². The third-order valence-electron chi connectivity index (χ3n) is 6.16. The van der Waals surface area contributed by atoms with Crippen LogP contribution < -0.4 is 11.1 Å². The molecular formula is C17H30N2O. The van der Waals surface area contributed by atoms with Gasteiger partial charge >= 0.3 is 0 Å². The molecule has 0 radical (unpaired) electrons. The molecule has 4 saturated carbocycles. The fourth-order valence-corrected chi connectivity index (χ4v) is 5.75. The maximum Gasteiger partial charge on any atom is 0.226 e. The van der Waals surface area contributed by atoms with E-state index >= 15 is 0 Å². The molecule has 4 aliphatic carbocycles. The van der Waals surface area contributed by atoms with Crippen LogP contribution in [0.4, 0.5) is 0 Å². The van der Waals surface area contributed by atoms with E-state index in [4.69, 9.17) is 5.73 Å². The average molecular weight is 278 g/mol. The second-order valence-corrected chi connectivity index (χ2v) is 8.26. The number of hydrogen-bond acceptors (Lipinski definition) is 2. The fourth-order valence-electron chi connectivity index (χ4n) is 5.75. The van der Waals surface area contributed by atoms with Gasteiger partial charge in [-0.1, -0.05) is 13.8 Å². The summed E-state index contributed by atoms with van der Waals surface area (Å²) in [5.41, 5.74) is 6.35. The van der Waals surface area contributed by atoms with E-state index in [-0.39, 0.29) is 11.5 Å². The van der Waals surface area contributed by atoms with Crippen LogP contribution in [0.2, 0.25) is 0 Å². The summed E-state index contributed by atoms with van der Waals surface area (Å²) in [7, 11) is 0. The van der Waals surface area contributed by atoms with E-state index in [1.165, 1.54) is 19.3 Å². The van der Waals surface area contributed by atoms with E-state index in [2.05, 4.69) is 19.2 Å². The Morgan fingerprint density at radius 3 is 2.50 bits per heavy atom. The summed E-state index contributed by atoms with van der Waals surface area (Å²) in [5.74, 6) is 1.95. The van der Waals surface area contributed by atoms with Crippen molar-refractivity contribution in [3.05, 3.63) is 0 Å². The van der Waals surface area contributed by atoms with Gasteiger partial charge in [-0.05, 0) is 68.6 Å². The molecule has 3 atom stereocenters. The number of hydrogen-bond donors (Lipinski definition) is 2. The Kier molecular flexibility index (Phi) is 3.60. The lowest BCUT2D eigenvalue weighted by Crippen LogP contribution is -2.57. The van der Waals surface area contributed by atoms with Gasteiger partial charge < -0.3 is 11.1 Å². The molecule has 4 bridgehead atoms. The van der Waals surface area contributed by atoms with E-state index in [0.29, 0.717) is 11.3 Å². The van der Waals surface area contributed by atoms with Crippen molar-refractivity contribution in [1.29, 1.82) is 0 Å². The smallest absolute Gasteiger partial charge is 0.226 e. The fraction of sp³-hybridized carbons (Fsp3) is 0.941. The molecule has 114 valence electrons. The van der Waals surface area contributed by atoms with Crippen LogP contribution in [-0.2, 0) is 4.79 Å². The van der Waals surface area contributed by atoms with E-state index in [9.17, 15) is 4.79 Å². The van der Waals surface area contributed by atoms with Crippen LogP contribution in [0.1, 0.15) is 65.2 Å². The summed E-state index contributed by atoms with van der Waals surface area (Å²) in [6.07, 6.45) is 9.41. The topological polar surface area (TPSA) is 55.1 Å². The first-order chi connectivity index (χ1) is 9.45.